The lowest BCUT2D eigenvalue weighted by Crippen LogP contribution is -2.40. The van der Waals surface area contributed by atoms with Crippen LogP contribution < -0.4 is 10.1 Å². The van der Waals surface area contributed by atoms with E-state index in [1.807, 2.05) is 18.4 Å². The van der Waals surface area contributed by atoms with E-state index in [1.165, 1.54) is 10.6 Å². The molecular weight excluding hydrogens is 456 g/mol. The van der Waals surface area contributed by atoms with Gasteiger partial charge >= 0.3 is 0 Å². The van der Waals surface area contributed by atoms with Crippen molar-refractivity contribution >= 4 is 21.6 Å². The van der Waals surface area contributed by atoms with E-state index in [9.17, 15) is 13.2 Å². The second kappa shape index (κ2) is 9.51. The van der Waals surface area contributed by atoms with E-state index in [2.05, 4.69) is 20.3 Å². The van der Waals surface area contributed by atoms with E-state index >= 15 is 0 Å². The molecule has 1 saturated heterocycles. The molecule has 10 nitrogen and oxygen atoms in total. The molecule has 1 aliphatic heterocycles. The molecule has 0 spiro atoms. The largest absolute Gasteiger partial charge is 0.439 e. The maximum Gasteiger partial charge on any atom is 0.227 e. The van der Waals surface area contributed by atoms with Gasteiger partial charge in [-0.3, -0.25) is 9.36 Å². The minimum absolute atomic E-state index is 0.108. The Morgan fingerprint density at radius 3 is 2.35 bits per heavy atom. The molecule has 1 amide bonds. The Morgan fingerprint density at radius 1 is 1.09 bits per heavy atom. The number of sulfonamides is 1. The standard InChI is InChI=1S/C23H28N6O4S/c1-15-16(2)29(14-24-15)21-13-22(26-17(3)25-21)33-20-7-5-19(6-8-20)27-23(30)18-9-11-28(12-10-18)34(4,31)32/h5-8,13-14,18H,9-12H2,1-4H3,(H,27,30). The molecule has 1 fully saturated rings. The Kier molecular flexibility index (Phi) is 6.67. The molecule has 180 valence electrons. The summed E-state index contributed by atoms with van der Waals surface area (Å²) < 4.78 is 32.5. The van der Waals surface area contributed by atoms with Crippen LogP contribution in [0.25, 0.3) is 5.82 Å². The Morgan fingerprint density at radius 2 is 1.76 bits per heavy atom. The number of hydrogen-bond acceptors (Lipinski definition) is 7. The van der Waals surface area contributed by atoms with Gasteiger partial charge in [-0.15, -0.1) is 0 Å². The number of hydrogen-bond donors (Lipinski definition) is 1. The third kappa shape index (κ3) is 5.42. The molecule has 2 aromatic heterocycles. The molecule has 3 heterocycles. The Balaban J connectivity index is 1.39. The molecule has 34 heavy (non-hydrogen) atoms. The summed E-state index contributed by atoms with van der Waals surface area (Å²) in [4.78, 5) is 25.8. The van der Waals surface area contributed by atoms with Crippen molar-refractivity contribution in [2.75, 3.05) is 24.7 Å². The normalized spacial score (nSPS) is 15.3. The van der Waals surface area contributed by atoms with Crippen LogP contribution in [-0.2, 0) is 14.8 Å². The Hall–Kier alpha value is -3.31. The average molecular weight is 485 g/mol. The number of amides is 1. The number of carbonyl (C=O) groups is 1. The molecule has 0 aliphatic carbocycles. The summed E-state index contributed by atoms with van der Waals surface area (Å²) in [7, 11) is -3.21. The van der Waals surface area contributed by atoms with Crippen molar-refractivity contribution in [3.05, 3.63) is 53.9 Å². The summed E-state index contributed by atoms with van der Waals surface area (Å²) in [5, 5.41) is 2.91. The minimum Gasteiger partial charge on any atom is -0.439 e. The fourth-order valence-corrected chi connectivity index (χ4v) is 4.73. The second-order valence-electron chi connectivity index (χ2n) is 8.45. The number of aromatic nitrogens is 4. The van der Waals surface area contributed by atoms with E-state index < -0.39 is 10.0 Å². The summed E-state index contributed by atoms with van der Waals surface area (Å²) in [6.45, 7) is 6.44. The molecule has 1 aromatic carbocycles. The highest BCUT2D eigenvalue weighted by molar-refractivity contribution is 7.88. The predicted octanol–water partition coefficient (Wildman–Crippen LogP) is 2.99. The molecule has 1 N–H and O–H groups in total. The van der Waals surface area contributed by atoms with Crippen LogP contribution in [0.2, 0.25) is 0 Å². The lowest BCUT2D eigenvalue weighted by Gasteiger charge is -2.29. The highest BCUT2D eigenvalue weighted by atomic mass is 32.2. The number of ether oxygens (including phenoxy) is 1. The van der Waals surface area contributed by atoms with Gasteiger partial charge in [0.15, 0.2) is 0 Å². The molecule has 3 aromatic rings. The molecular formula is C23H28N6O4S. The van der Waals surface area contributed by atoms with Crippen LogP contribution in [0, 0.1) is 26.7 Å². The number of imidazole rings is 1. The number of rotatable bonds is 6. The van der Waals surface area contributed by atoms with Crippen molar-refractivity contribution in [3.8, 4) is 17.4 Å². The smallest absolute Gasteiger partial charge is 0.227 e. The topological polar surface area (TPSA) is 119 Å². The SMILES string of the molecule is Cc1nc(Oc2ccc(NC(=O)C3CCN(S(C)(=O)=O)CC3)cc2)cc(-n2cnc(C)c2C)n1. The highest BCUT2D eigenvalue weighted by Gasteiger charge is 2.28. The van der Waals surface area contributed by atoms with E-state index in [-0.39, 0.29) is 11.8 Å². The van der Waals surface area contributed by atoms with Gasteiger partial charge in [0.25, 0.3) is 0 Å². The third-order valence-electron chi connectivity index (χ3n) is 5.94. The first kappa shape index (κ1) is 23.8. The van der Waals surface area contributed by atoms with Crippen molar-refractivity contribution in [1.29, 1.82) is 0 Å². The molecule has 0 saturated carbocycles. The molecule has 0 radical (unpaired) electrons. The van der Waals surface area contributed by atoms with Gasteiger partial charge in [-0.05, 0) is 57.9 Å². The second-order valence-corrected chi connectivity index (χ2v) is 10.4. The van der Waals surface area contributed by atoms with Crippen LogP contribution >= 0.6 is 0 Å². The van der Waals surface area contributed by atoms with Crippen LogP contribution in [0.15, 0.2) is 36.7 Å². The molecule has 0 bridgehead atoms. The van der Waals surface area contributed by atoms with Gasteiger partial charge in [-0.25, -0.2) is 22.7 Å². The van der Waals surface area contributed by atoms with Gasteiger partial charge in [-0.2, -0.15) is 4.98 Å². The van der Waals surface area contributed by atoms with Crippen molar-refractivity contribution in [1.82, 2.24) is 23.8 Å². The number of nitrogens with zero attached hydrogens (tertiary/aromatic N) is 5. The fourth-order valence-electron chi connectivity index (χ4n) is 3.85. The average Bonchev–Trinajstić information content (AvgIpc) is 3.12. The molecule has 0 atom stereocenters. The summed E-state index contributed by atoms with van der Waals surface area (Å²) >= 11 is 0. The van der Waals surface area contributed by atoms with Crippen LogP contribution in [0.4, 0.5) is 5.69 Å². The maximum atomic E-state index is 12.6. The zero-order valence-electron chi connectivity index (χ0n) is 19.6. The Bertz CT molecular complexity index is 1300. The maximum absolute atomic E-state index is 12.6. The zero-order chi connectivity index (χ0) is 24.5. The van der Waals surface area contributed by atoms with Crippen LogP contribution in [0.3, 0.4) is 0 Å². The lowest BCUT2D eigenvalue weighted by atomic mass is 9.97. The van der Waals surface area contributed by atoms with Gasteiger partial charge in [0.1, 0.15) is 23.7 Å². The van der Waals surface area contributed by atoms with E-state index in [0.717, 1.165) is 11.4 Å². The first-order chi connectivity index (χ1) is 16.1. The van der Waals surface area contributed by atoms with Crippen molar-refractivity contribution in [2.24, 2.45) is 5.92 Å². The molecule has 11 heteroatoms. The van der Waals surface area contributed by atoms with Crippen molar-refractivity contribution in [3.63, 3.8) is 0 Å². The minimum atomic E-state index is -3.21. The highest BCUT2D eigenvalue weighted by Crippen LogP contribution is 2.25. The van der Waals surface area contributed by atoms with Crippen molar-refractivity contribution < 1.29 is 17.9 Å². The van der Waals surface area contributed by atoms with Gasteiger partial charge in [-0.1, -0.05) is 0 Å². The zero-order valence-corrected chi connectivity index (χ0v) is 20.5. The number of anilines is 1. The number of benzene rings is 1. The Labute approximate surface area is 199 Å². The summed E-state index contributed by atoms with van der Waals surface area (Å²) in [6, 6.07) is 8.78. The molecule has 4 rings (SSSR count). The van der Waals surface area contributed by atoms with Gasteiger partial charge < -0.3 is 10.1 Å². The summed E-state index contributed by atoms with van der Waals surface area (Å²) in [6.07, 6.45) is 3.93. The molecule has 0 unspecified atom stereocenters. The van der Waals surface area contributed by atoms with Crippen LogP contribution in [0.5, 0.6) is 11.6 Å². The number of aryl methyl sites for hydroxylation is 2. The van der Waals surface area contributed by atoms with E-state index in [4.69, 9.17) is 4.74 Å². The fraction of sp³-hybridized carbons (Fsp3) is 0.391. The number of piperidine rings is 1. The van der Waals surface area contributed by atoms with Crippen LogP contribution in [0.1, 0.15) is 30.1 Å². The van der Waals surface area contributed by atoms with Gasteiger partial charge in [0.05, 0.1) is 11.9 Å². The summed E-state index contributed by atoms with van der Waals surface area (Å²) in [5.41, 5.74) is 2.57. The predicted molar refractivity (Wildman–Crippen MR) is 128 cm³/mol. The van der Waals surface area contributed by atoms with Crippen LogP contribution in [-0.4, -0.2) is 57.5 Å². The first-order valence-corrected chi connectivity index (χ1v) is 12.9. The van der Waals surface area contributed by atoms with Crippen molar-refractivity contribution in [2.45, 2.75) is 33.6 Å². The monoisotopic (exact) mass is 484 g/mol. The first-order valence-electron chi connectivity index (χ1n) is 11.0. The van der Waals surface area contributed by atoms with E-state index in [1.54, 1.807) is 43.6 Å². The third-order valence-corrected chi connectivity index (χ3v) is 7.24. The van der Waals surface area contributed by atoms with E-state index in [0.29, 0.717) is 54.9 Å². The number of nitrogens with one attached hydrogen (secondary N) is 1. The number of carbonyl (C=O) groups excluding carboxylic acids is 1. The lowest BCUT2D eigenvalue weighted by molar-refractivity contribution is -0.120. The van der Waals surface area contributed by atoms with Gasteiger partial charge in [0, 0.05) is 36.5 Å². The molecule has 1 aliphatic rings. The van der Waals surface area contributed by atoms with Gasteiger partial charge in [0.2, 0.25) is 21.8 Å². The quantitative estimate of drug-likeness (QED) is 0.571. The summed E-state index contributed by atoms with van der Waals surface area (Å²) in [5.74, 6) is 1.90.